The Balaban J connectivity index is 1.82. The normalized spacial score (nSPS) is 11.9. The molecule has 5 nitrogen and oxygen atoms in total. The standard InChI is InChI=1S/C19H21N5/c1-2-3-8-16(15-7-6-11-20-14-15)23-19-22-13-10-18(24-19)17-9-4-5-12-21-17/h4-7,9-14,16H,2-3,8H2,1H3,(H,22,23,24)/t16-/m1/s1. The lowest BCUT2D eigenvalue weighted by molar-refractivity contribution is 0.628. The predicted molar refractivity (Wildman–Crippen MR) is 95.4 cm³/mol. The summed E-state index contributed by atoms with van der Waals surface area (Å²) in [6, 6.07) is 11.9. The predicted octanol–water partition coefficient (Wildman–Crippen LogP) is 4.28. The second-order valence-electron chi connectivity index (χ2n) is 5.61. The Kier molecular flexibility index (Phi) is 5.45. The number of anilines is 1. The summed E-state index contributed by atoms with van der Waals surface area (Å²) in [6.45, 7) is 2.19. The van der Waals surface area contributed by atoms with Crippen molar-refractivity contribution in [2.45, 2.75) is 32.2 Å². The van der Waals surface area contributed by atoms with Gasteiger partial charge in [-0.25, -0.2) is 9.97 Å². The third-order valence-electron chi connectivity index (χ3n) is 3.82. The van der Waals surface area contributed by atoms with Crippen LogP contribution in [0.2, 0.25) is 0 Å². The van der Waals surface area contributed by atoms with Crippen LogP contribution in [0.1, 0.15) is 37.8 Å². The van der Waals surface area contributed by atoms with E-state index in [4.69, 9.17) is 0 Å². The second kappa shape index (κ2) is 8.15. The average molecular weight is 319 g/mol. The van der Waals surface area contributed by atoms with Crippen LogP contribution in [0.4, 0.5) is 5.95 Å². The number of rotatable bonds is 7. The molecule has 0 aromatic carbocycles. The topological polar surface area (TPSA) is 63.6 Å². The molecule has 3 heterocycles. The van der Waals surface area contributed by atoms with Gasteiger partial charge in [-0.2, -0.15) is 0 Å². The van der Waals surface area contributed by atoms with E-state index in [0.29, 0.717) is 5.95 Å². The van der Waals surface area contributed by atoms with Gasteiger partial charge in [0.2, 0.25) is 5.95 Å². The molecular weight excluding hydrogens is 298 g/mol. The molecule has 0 saturated carbocycles. The fraction of sp³-hybridized carbons (Fsp3) is 0.263. The van der Waals surface area contributed by atoms with Gasteiger partial charge in [0.05, 0.1) is 17.4 Å². The maximum absolute atomic E-state index is 4.61. The Morgan fingerprint density at radius 1 is 0.958 bits per heavy atom. The molecule has 5 heteroatoms. The van der Waals surface area contributed by atoms with Crippen LogP contribution in [0.5, 0.6) is 0 Å². The van der Waals surface area contributed by atoms with Crippen LogP contribution in [-0.4, -0.2) is 19.9 Å². The van der Waals surface area contributed by atoms with Crippen molar-refractivity contribution in [3.63, 3.8) is 0 Å². The Morgan fingerprint density at radius 3 is 2.67 bits per heavy atom. The first kappa shape index (κ1) is 16.1. The molecule has 0 amide bonds. The van der Waals surface area contributed by atoms with Crippen molar-refractivity contribution in [3.8, 4) is 11.4 Å². The number of pyridine rings is 2. The van der Waals surface area contributed by atoms with E-state index in [1.165, 1.54) is 0 Å². The van der Waals surface area contributed by atoms with Crippen molar-refractivity contribution >= 4 is 5.95 Å². The van der Waals surface area contributed by atoms with Gasteiger partial charge in [0.25, 0.3) is 0 Å². The molecule has 24 heavy (non-hydrogen) atoms. The zero-order chi connectivity index (χ0) is 16.6. The summed E-state index contributed by atoms with van der Waals surface area (Å²) in [7, 11) is 0. The Bertz CT molecular complexity index is 746. The summed E-state index contributed by atoms with van der Waals surface area (Å²) >= 11 is 0. The van der Waals surface area contributed by atoms with Crippen molar-refractivity contribution in [1.82, 2.24) is 19.9 Å². The first-order valence-corrected chi connectivity index (χ1v) is 8.27. The van der Waals surface area contributed by atoms with Crippen molar-refractivity contribution in [2.75, 3.05) is 5.32 Å². The van der Waals surface area contributed by atoms with Crippen molar-refractivity contribution < 1.29 is 0 Å². The average Bonchev–Trinajstić information content (AvgIpc) is 2.67. The van der Waals surface area contributed by atoms with E-state index < -0.39 is 0 Å². The van der Waals surface area contributed by atoms with E-state index in [0.717, 1.165) is 36.2 Å². The van der Waals surface area contributed by atoms with Crippen LogP contribution in [0.3, 0.4) is 0 Å². The number of aromatic nitrogens is 4. The maximum atomic E-state index is 4.61. The van der Waals surface area contributed by atoms with Crippen LogP contribution in [0, 0.1) is 0 Å². The molecule has 0 fully saturated rings. The number of hydrogen-bond acceptors (Lipinski definition) is 5. The molecule has 0 aliphatic carbocycles. The highest BCUT2D eigenvalue weighted by Gasteiger charge is 2.13. The summed E-state index contributed by atoms with van der Waals surface area (Å²) in [4.78, 5) is 17.6. The highest BCUT2D eigenvalue weighted by Crippen LogP contribution is 2.23. The summed E-state index contributed by atoms with van der Waals surface area (Å²) < 4.78 is 0. The van der Waals surface area contributed by atoms with Gasteiger partial charge >= 0.3 is 0 Å². The number of hydrogen-bond donors (Lipinski definition) is 1. The molecule has 0 spiro atoms. The Hall–Kier alpha value is -2.82. The molecule has 3 aromatic rings. The van der Waals surface area contributed by atoms with Crippen LogP contribution in [0.25, 0.3) is 11.4 Å². The molecule has 3 aromatic heterocycles. The maximum Gasteiger partial charge on any atom is 0.223 e. The van der Waals surface area contributed by atoms with Crippen LogP contribution < -0.4 is 5.32 Å². The lowest BCUT2D eigenvalue weighted by Gasteiger charge is -2.18. The van der Waals surface area contributed by atoms with E-state index in [1.807, 2.05) is 36.5 Å². The van der Waals surface area contributed by atoms with Crippen molar-refractivity contribution in [3.05, 3.63) is 66.7 Å². The smallest absolute Gasteiger partial charge is 0.223 e. The van der Waals surface area contributed by atoms with Crippen LogP contribution in [0.15, 0.2) is 61.2 Å². The van der Waals surface area contributed by atoms with E-state index >= 15 is 0 Å². The number of nitrogens with zero attached hydrogens (tertiary/aromatic N) is 4. The molecular formula is C19H21N5. The zero-order valence-corrected chi connectivity index (χ0v) is 13.8. The second-order valence-corrected chi connectivity index (χ2v) is 5.61. The van der Waals surface area contributed by atoms with Gasteiger partial charge in [-0.05, 0) is 36.2 Å². The lowest BCUT2D eigenvalue weighted by atomic mass is 10.0. The quantitative estimate of drug-likeness (QED) is 0.704. The summed E-state index contributed by atoms with van der Waals surface area (Å²) in [6.07, 6.45) is 10.5. The molecule has 0 unspecified atom stereocenters. The number of unbranched alkanes of at least 4 members (excludes halogenated alkanes) is 1. The molecule has 0 saturated heterocycles. The lowest BCUT2D eigenvalue weighted by Crippen LogP contribution is -2.13. The van der Waals surface area contributed by atoms with Gasteiger partial charge in [0, 0.05) is 24.8 Å². The van der Waals surface area contributed by atoms with E-state index in [2.05, 4.69) is 38.2 Å². The molecule has 0 bridgehead atoms. The van der Waals surface area contributed by atoms with Gasteiger partial charge in [0.15, 0.2) is 0 Å². The van der Waals surface area contributed by atoms with E-state index in [1.54, 1.807) is 18.6 Å². The highest BCUT2D eigenvalue weighted by atomic mass is 15.1. The highest BCUT2D eigenvalue weighted by molar-refractivity contribution is 5.54. The summed E-state index contributed by atoms with van der Waals surface area (Å²) in [5.74, 6) is 0.614. The third kappa shape index (κ3) is 4.13. The van der Waals surface area contributed by atoms with Gasteiger partial charge in [-0.1, -0.05) is 31.9 Å². The summed E-state index contributed by atoms with van der Waals surface area (Å²) in [5.41, 5.74) is 2.81. The van der Waals surface area contributed by atoms with Crippen molar-refractivity contribution in [1.29, 1.82) is 0 Å². The van der Waals surface area contributed by atoms with E-state index in [9.17, 15) is 0 Å². The minimum Gasteiger partial charge on any atom is -0.347 e. The third-order valence-corrected chi connectivity index (χ3v) is 3.82. The van der Waals surface area contributed by atoms with Crippen LogP contribution >= 0.6 is 0 Å². The monoisotopic (exact) mass is 319 g/mol. The molecule has 1 atom stereocenters. The van der Waals surface area contributed by atoms with Gasteiger partial charge in [-0.15, -0.1) is 0 Å². The van der Waals surface area contributed by atoms with Gasteiger partial charge in [-0.3, -0.25) is 9.97 Å². The van der Waals surface area contributed by atoms with Gasteiger partial charge < -0.3 is 5.32 Å². The molecule has 0 aliphatic heterocycles. The summed E-state index contributed by atoms with van der Waals surface area (Å²) in [5, 5.41) is 3.45. The van der Waals surface area contributed by atoms with Gasteiger partial charge in [0.1, 0.15) is 0 Å². The first-order valence-electron chi connectivity index (χ1n) is 8.27. The van der Waals surface area contributed by atoms with E-state index in [-0.39, 0.29) is 6.04 Å². The van der Waals surface area contributed by atoms with Crippen LogP contribution in [-0.2, 0) is 0 Å². The molecule has 0 aliphatic rings. The molecule has 1 N–H and O–H groups in total. The SMILES string of the molecule is CCCC[C@@H](Nc1nccc(-c2ccccn2)n1)c1cccnc1. The fourth-order valence-electron chi connectivity index (χ4n) is 2.55. The minimum atomic E-state index is 0.151. The first-order chi connectivity index (χ1) is 11.9. The molecule has 0 radical (unpaired) electrons. The van der Waals surface area contributed by atoms with Crippen molar-refractivity contribution in [2.24, 2.45) is 0 Å². The number of nitrogens with one attached hydrogen (secondary N) is 1. The molecule has 122 valence electrons. The zero-order valence-electron chi connectivity index (χ0n) is 13.8. The Labute approximate surface area is 142 Å². The molecule has 3 rings (SSSR count). The Morgan fingerprint density at radius 2 is 1.92 bits per heavy atom. The fourth-order valence-corrected chi connectivity index (χ4v) is 2.55. The minimum absolute atomic E-state index is 0.151. The largest absolute Gasteiger partial charge is 0.347 e.